The second kappa shape index (κ2) is 12.5. The zero-order chi connectivity index (χ0) is 29.8. The molecule has 0 saturated carbocycles. The summed E-state index contributed by atoms with van der Waals surface area (Å²) in [5.74, 6) is -5.08. The molecule has 2 aromatic carbocycles. The molecule has 5 nitrogen and oxygen atoms in total. The van der Waals surface area contributed by atoms with Crippen molar-refractivity contribution in [3.8, 4) is 5.75 Å². The lowest BCUT2D eigenvalue weighted by Crippen LogP contribution is -2.47. The summed E-state index contributed by atoms with van der Waals surface area (Å²) in [4.78, 5) is 24.2. The first-order chi connectivity index (χ1) is 17.8. The van der Waals surface area contributed by atoms with E-state index in [9.17, 15) is 49.1 Å². The molecule has 2 rings (SSSR count). The van der Waals surface area contributed by atoms with Gasteiger partial charge in [0, 0.05) is 4.47 Å². The molecule has 2 atom stereocenters. The molecule has 2 unspecified atom stereocenters. The van der Waals surface area contributed by atoms with E-state index in [1.807, 2.05) is 0 Å². The molecule has 0 bridgehead atoms. The van der Waals surface area contributed by atoms with Gasteiger partial charge in [0.25, 0.3) is 5.91 Å². The number of allylic oxidation sites excluding steroid dienone is 1. The third-order valence-corrected chi connectivity index (χ3v) is 5.77. The monoisotopic (exact) mass is 654 g/mol. The Morgan fingerprint density at radius 2 is 1.67 bits per heavy atom. The summed E-state index contributed by atoms with van der Waals surface area (Å²) in [6.45, 7) is -0.437. The normalized spacial score (nSPS) is 14.2. The molecule has 2 amide bonds. The Labute approximate surface area is 228 Å². The minimum Gasteiger partial charge on any atom is -0.404 e. The number of benzene rings is 2. The van der Waals surface area contributed by atoms with Crippen molar-refractivity contribution in [1.29, 1.82) is 0 Å². The van der Waals surface area contributed by atoms with Gasteiger partial charge in [-0.25, -0.2) is 0 Å². The second-order valence-corrected chi connectivity index (χ2v) is 9.15. The quantitative estimate of drug-likeness (QED) is 0.297. The maximum Gasteiger partial charge on any atom is 0.573 e. The molecule has 16 heteroatoms. The van der Waals surface area contributed by atoms with E-state index in [-0.39, 0.29) is 15.6 Å². The zero-order valence-electron chi connectivity index (χ0n) is 19.4. The van der Waals surface area contributed by atoms with E-state index in [1.54, 1.807) is 5.32 Å². The fraction of sp³-hybridized carbons (Fsp3) is 0.304. The van der Waals surface area contributed by atoms with Crippen LogP contribution in [-0.4, -0.2) is 43.1 Å². The molecule has 2 N–H and O–H groups in total. The SMILES string of the molecule is CC(NC(=O)c1ccc(C=CC(c2ccc(OC(F)(F)F)c(Cl)c2)C(F)(F)F)cc1Br)C(=O)NCC(F)(F)F. The van der Waals surface area contributed by atoms with Crippen LogP contribution in [0.2, 0.25) is 5.02 Å². The van der Waals surface area contributed by atoms with Gasteiger partial charge in [-0.3, -0.25) is 9.59 Å². The standard InChI is InChI=1S/C23H17BrClF9N2O3/c1-11(19(37)35-10-21(26,27)28)36-20(38)14-5-2-12(8-16(14)24)3-6-15(22(29,30)31)13-4-7-18(17(25)9-13)39-23(32,33)34/h2-9,11,15H,10H2,1H3,(H,35,37)(H,36,38). The molecule has 0 saturated heterocycles. The Morgan fingerprint density at radius 1 is 1.03 bits per heavy atom. The minimum atomic E-state index is -5.09. The highest BCUT2D eigenvalue weighted by Gasteiger charge is 2.39. The molecule has 0 aromatic heterocycles. The largest absolute Gasteiger partial charge is 0.573 e. The highest BCUT2D eigenvalue weighted by atomic mass is 79.9. The fourth-order valence-electron chi connectivity index (χ4n) is 3.03. The molecule has 214 valence electrons. The van der Waals surface area contributed by atoms with Crippen molar-refractivity contribution in [2.24, 2.45) is 0 Å². The third-order valence-electron chi connectivity index (χ3n) is 4.82. The maximum atomic E-state index is 13.7. The first-order valence-electron chi connectivity index (χ1n) is 10.5. The highest BCUT2D eigenvalue weighted by molar-refractivity contribution is 9.10. The van der Waals surface area contributed by atoms with E-state index in [0.717, 1.165) is 25.1 Å². The van der Waals surface area contributed by atoms with Crippen molar-refractivity contribution >= 4 is 45.4 Å². The molecule has 0 aliphatic heterocycles. The smallest absolute Gasteiger partial charge is 0.404 e. The Morgan fingerprint density at radius 3 is 2.18 bits per heavy atom. The number of carbonyl (C=O) groups is 2. The van der Waals surface area contributed by atoms with Gasteiger partial charge in [-0.2, -0.15) is 26.3 Å². The first-order valence-corrected chi connectivity index (χ1v) is 11.7. The molecule has 0 aliphatic rings. The average Bonchev–Trinajstić information content (AvgIpc) is 2.77. The summed E-state index contributed by atoms with van der Waals surface area (Å²) in [6.07, 6.45) is -12.8. The number of hydrogen-bond acceptors (Lipinski definition) is 3. The molecule has 0 aliphatic carbocycles. The van der Waals surface area contributed by atoms with E-state index in [0.29, 0.717) is 12.1 Å². The van der Waals surface area contributed by atoms with Gasteiger partial charge in [0.15, 0.2) is 0 Å². The molecule has 2 aromatic rings. The van der Waals surface area contributed by atoms with Crippen LogP contribution < -0.4 is 15.4 Å². The van der Waals surface area contributed by atoms with E-state index in [1.165, 1.54) is 18.2 Å². The van der Waals surface area contributed by atoms with Gasteiger partial charge in [-0.15, -0.1) is 13.2 Å². The van der Waals surface area contributed by atoms with Crippen LogP contribution in [0.4, 0.5) is 39.5 Å². The number of alkyl halides is 9. The van der Waals surface area contributed by atoms with E-state index in [4.69, 9.17) is 11.6 Å². The lowest BCUT2D eigenvalue weighted by Gasteiger charge is -2.19. The Bertz CT molecular complexity index is 1230. The number of hydrogen-bond donors (Lipinski definition) is 2. The molecule has 0 heterocycles. The molecule has 0 spiro atoms. The lowest BCUT2D eigenvalue weighted by molar-refractivity contribution is -0.274. The van der Waals surface area contributed by atoms with Crippen molar-refractivity contribution in [3.05, 3.63) is 68.7 Å². The maximum absolute atomic E-state index is 13.7. The van der Waals surface area contributed by atoms with Gasteiger partial charge in [0.05, 0.1) is 16.5 Å². The van der Waals surface area contributed by atoms with Gasteiger partial charge in [0.1, 0.15) is 18.3 Å². The average molecular weight is 656 g/mol. The first kappa shape index (κ1) is 32.3. The van der Waals surface area contributed by atoms with Gasteiger partial charge in [-0.05, 0) is 58.2 Å². The van der Waals surface area contributed by atoms with E-state index in [2.05, 4.69) is 26.0 Å². The van der Waals surface area contributed by atoms with Crippen LogP contribution in [0.15, 0.2) is 46.9 Å². The summed E-state index contributed by atoms with van der Waals surface area (Å²) in [5, 5.41) is 3.13. The Hall–Kier alpha value is -2.94. The summed E-state index contributed by atoms with van der Waals surface area (Å²) in [7, 11) is 0. The van der Waals surface area contributed by atoms with Crippen molar-refractivity contribution in [1.82, 2.24) is 10.6 Å². The van der Waals surface area contributed by atoms with E-state index >= 15 is 0 Å². The Balaban J connectivity index is 2.19. The third kappa shape index (κ3) is 10.3. The molecule has 0 fully saturated rings. The topological polar surface area (TPSA) is 67.4 Å². The predicted molar refractivity (Wildman–Crippen MR) is 126 cm³/mol. The fourth-order valence-corrected chi connectivity index (χ4v) is 3.84. The zero-order valence-corrected chi connectivity index (χ0v) is 21.7. The summed E-state index contributed by atoms with van der Waals surface area (Å²) >= 11 is 8.75. The highest BCUT2D eigenvalue weighted by Crippen LogP contribution is 2.40. The van der Waals surface area contributed by atoms with Crippen LogP contribution in [0.3, 0.4) is 0 Å². The van der Waals surface area contributed by atoms with Crippen molar-refractivity contribution < 1.29 is 53.8 Å². The van der Waals surface area contributed by atoms with Gasteiger partial charge in [0.2, 0.25) is 5.91 Å². The van der Waals surface area contributed by atoms with Crippen LogP contribution in [0.5, 0.6) is 5.75 Å². The number of halogens is 11. The lowest BCUT2D eigenvalue weighted by atomic mass is 9.96. The van der Waals surface area contributed by atoms with Gasteiger partial charge >= 0.3 is 18.7 Å². The molecule has 0 radical (unpaired) electrons. The van der Waals surface area contributed by atoms with Crippen LogP contribution in [0.25, 0.3) is 6.08 Å². The summed E-state index contributed by atoms with van der Waals surface area (Å²) in [6, 6.07) is 4.52. The van der Waals surface area contributed by atoms with Crippen LogP contribution in [0.1, 0.15) is 34.3 Å². The number of amides is 2. The molecular formula is C23H17BrClF9N2O3. The molecule has 39 heavy (non-hydrogen) atoms. The number of nitrogens with one attached hydrogen (secondary N) is 2. The Kier molecular flexibility index (Phi) is 10.3. The summed E-state index contributed by atoms with van der Waals surface area (Å²) in [5.41, 5.74) is -0.361. The summed E-state index contributed by atoms with van der Waals surface area (Å²) < 4.78 is 119. The van der Waals surface area contributed by atoms with Crippen LogP contribution in [0, 0.1) is 0 Å². The van der Waals surface area contributed by atoms with Crippen molar-refractivity contribution in [3.63, 3.8) is 0 Å². The molecular weight excluding hydrogens is 639 g/mol. The van der Waals surface area contributed by atoms with Crippen LogP contribution in [-0.2, 0) is 4.79 Å². The van der Waals surface area contributed by atoms with Gasteiger partial charge < -0.3 is 15.4 Å². The van der Waals surface area contributed by atoms with Crippen LogP contribution >= 0.6 is 27.5 Å². The predicted octanol–water partition coefficient (Wildman–Crippen LogP) is 7.16. The minimum absolute atomic E-state index is 0.0676. The number of carbonyl (C=O) groups excluding carboxylic acids is 2. The van der Waals surface area contributed by atoms with E-state index < -0.39 is 65.4 Å². The number of rotatable bonds is 8. The van der Waals surface area contributed by atoms with Crippen molar-refractivity contribution in [2.45, 2.75) is 37.6 Å². The second-order valence-electron chi connectivity index (χ2n) is 7.88. The van der Waals surface area contributed by atoms with Crippen molar-refractivity contribution in [2.75, 3.05) is 6.54 Å². The number of ether oxygens (including phenoxy) is 1. The van der Waals surface area contributed by atoms with Gasteiger partial charge in [-0.1, -0.05) is 35.9 Å².